The van der Waals surface area contributed by atoms with Gasteiger partial charge >= 0.3 is 29.6 Å². The molecule has 472 valence electrons. The number of ether oxygens (including phenoxy) is 4. The summed E-state index contributed by atoms with van der Waals surface area (Å²) < 4.78 is 43.3. The molecule has 1 unspecified atom stereocenters. The van der Waals surface area contributed by atoms with Crippen molar-refractivity contribution in [2.24, 2.45) is 0 Å². The summed E-state index contributed by atoms with van der Waals surface area (Å²) in [6, 6.07) is 27.8. The van der Waals surface area contributed by atoms with Gasteiger partial charge in [0.2, 0.25) is 23.5 Å². The Morgan fingerprint density at radius 1 is 0.636 bits per heavy atom. The Morgan fingerprint density at radius 2 is 0.989 bits per heavy atom. The minimum atomic E-state index is -1.06. The molecule has 28 heteroatoms. The van der Waals surface area contributed by atoms with Crippen LogP contribution in [0.4, 0.5) is 49.9 Å². The van der Waals surface area contributed by atoms with E-state index in [1.165, 1.54) is 39.5 Å². The van der Waals surface area contributed by atoms with Crippen molar-refractivity contribution >= 4 is 125 Å². The van der Waals surface area contributed by atoms with Crippen LogP contribution in [0, 0.1) is 26.0 Å². The van der Waals surface area contributed by atoms with E-state index in [2.05, 4.69) is 38.8 Å². The SMILES string of the molecule is C.CN1C(=O)Cc2ccc(C=O)cc21.CN1C(=O)Cc2ccc(CO)cc21.CNc1cc(C(=O)OC)ccc1N.CNc1cc(C(=O)OC)ccc1[N+](=O)[O-].COC(=O)c1ccc([N+](=O)[O-])c(F)c1.COC(=O)c1ccc2c(c1)N(C)C(=O)C2.[2H]CI.[2H]CP. The number of nitro benzene ring substituents is 2. The zero-order valence-corrected chi connectivity index (χ0v) is 52.2. The number of carbonyl (C=O) groups excluding carboxylic acids is 8. The number of carbonyl (C=O) groups is 8. The monoisotopic (exact) mass is 1350 g/mol. The summed E-state index contributed by atoms with van der Waals surface area (Å²) in [7, 11) is 15.8. The highest BCUT2D eigenvalue weighted by Gasteiger charge is 2.27. The Kier molecular flexibility index (Phi) is 31.3. The Labute approximate surface area is 527 Å². The molecule has 5 N–H and O–H groups in total. The smallest absolute Gasteiger partial charge is 0.337 e. The third kappa shape index (κ3) is 20.9. The maximum Gasteiger partial charge on any atom is 0.337 e. The molecule has 3 heterocycles. The lowest BCUT2D eigenvalue weighted by Gasteiger charge is -2.10. The molecule has 3 amide bonds. The van der Waals surface area contributed by atoms with Crippen molar-refractivity contribution in [1.29, 1.82) is 0 Å². The first-order chi connectivity index (χ1) is 42.2. The van der Waals surface area contributed by atoms with Gasteiger partial charge in [-0.15, -0.1) is 9.24 Å². The number of nitrogens with two attached hydrogens (primary N) is 1. The third-order valence-corrected chi connectivity index (χ3v) is 12.5. The van der Waals surface area contributed by atoms with Crippen molar-refractivity contribution in [3.05, 3.63) is 185 Å². The number of anilines is 6. The van der Waals surface area contributed by atoms with Gasteiger partial charge in [0.05, 0.1) is 97.8 Å². The number of fused-ring (bicyclic) bond motifs is 3. The number of methoxy groups -OCH3 is 4. The fourth-order valence-electron chi connectivity index (χ4n) is 7.86. The second-order valence-electron chi connectivity index (χ2n) is 17.5. The molecule has 0 spiro atoms. The number of amides is 3. The van der Waals surface area contributed by atoms with Crippen LogP contribution in [0.2, 0.25) is 0 Å². The Morgan fingerprint density at radius 3 is 1.39 bits per heavy atom. The van der Waals surface area contributed by atoms with Gasteiger partial charge < -0.3 is 55.1 Å². The molecule has 0 saturated carbocycles. The predicted octanol–water partition coefficient (Wildman–Crippen LogP) is 8.93. The van der Waals surface area contributed by atoms with Gasteiger partial charge in [0.15, 0.2) is 0 Å². The lowest BCUT2D eigenvalue weighted by Crippen LogP contribution is -2.20. The average Bonchev–Trinajstić information content (AvgIpc) is 4.17. The number of nitrogen functional groups attached to an aromatic ring is 1. The summed E-state index contributed by atoms with van der Waals surface area (Å²) in [5.41, 5.74) is 14.7. The number of nitrogens with zero attached hydrogens (tertiary/aromatic N) is 5. The van der Waals surface area contributed by atoms with Crippen LogP contribution in [0.25, 0.3) is 0 Å². The van der Waals surface area contributed by atoms with Crippen LogP contribution in [0.5, 0.6) is 0 Å². The van der Waals surface area contributed by atoms with Crippen LogP contribution in [0.15, 0.2) is 109 Å². The van der Waals surface area contributed by atoms with Gasteiger partial charge in [-0.3, -0.25) is 39.4 Å². The standard InChI is InChI=1S/C11H11NO3.C10H11NO2.C10H9NO2.C9H10N2O4.C9H12N2O2.C8H6FNO4.CH3I.CH5P.CH4/c1-12-9-5-8(11(14)15-2)4-3-7(9)6-10(12)13;2*1-11-9-4-7(6-12)2-3-8(9)5-10(11)13;1-10-7-5-6(9(12)15-2)3-4-8(7)11(13)14;1-11-8-5-6(9(12)13-2)3-4-7(8)10;1-14-8(11)5-2-3-7(10(12)13)6(9)4-5;2*1-2;/h3-5H,6H2,1-2H3;2-4,12H,5-6H2,1H3;2-4,6H,5H2,1H3;3-5,10H,1-2H3;3-5,11H,10H2,1-2H3;2-4H,1H3;1H3;2H2,1H3;1H4/i;;;;;;2*1D;. The minimum Gasteiger partial charge on any atom is -0.465 e. The van der Waals surface area contributed by atoms with Gasteiger partial charge in [0.1, 0.15) is 12.0 Å². The first-order valence-corrected chi connectivity index (χ1v) is 27.5. The number of rotatable bonds is 10. The summed E-state index contributed by atoms with van der Waals surface area (Å²) >= 11 is 1.96. The van der Waals surface area contributed by atoms with E-state index < -0.39 is 33.3 Å². The van der Waals surface area contributed by atoms with Crippen molar-refractivity contribution in [2.45, 2.75) is 33.3 Å². The van der Waals surface area contributed by atoms with Crippen LogP contribution >= 0.6 is 31.8 Å². The number of likely N-dealkylation sites (N-methyl/N-ethyl adjacent to an activating group) is 3. The van der Waals surface area contributed by atoms with E-state index in [4.69, 9.17) is 13.6 Å². The maximum absolute atomic E-state index is 12.9. The Hall–Kier alpha value is -9.47. The fraction of sp³-hybridized carbons (Fsp3) is 0.267. The van der Waals surface area contributed by atoms with E-state index in [1.807, 2.05) is 46.9 Å². The van der Waals surface area contributed by atoms with Gasteiger partial charge in [-0.2, -0.15) is 4.39 Å². The number of aliphatic hydroxyl groups excluding tert-OH is 1. The molecular formula is C60H71FIN8O17P. The summed E-state index contributed by atoms with van der Waals surface area (Å²) in [6.07, 6.45) is 2.13. The zero-order chi connectivity index (χ0) is 67.2. The molecule has 1 atom stereocenters. The molecule has 25 nitrogen and oxygen atoms in total. The predicted molar refractivity (Wildman–Crippen MR) is 346 cm³/mol. The van der Waals surface area contributed by atoms with Crippen LogP contribution in [0.1, 0.15) is 84.2 Å². The Bertz CT molecular complexity index is 3530. The first-order valence-electron chi connectivity index (χ1n) is 26.6. The van der Waals surface area contributed by atoms with E-state index in [0.29, 0.717) is 53.2 Å². The van der Waals surface area contributed by atoms with Crippen molar-refractivity contribution in [2.75, 3.05) is 106 Å². The third-order valence-electron chi connectivity index (χ3n) is 12.5. The summed E-state index contributed by atoms with van der Waals surface area (Å²) in [5.74, 6) is -2.82. The highest BCUT2D eigenvalue weighted by atomic mass is 127. The molecule has 0 bridgehead atoms. The molecule has 0 aromatic heterocycles. The highest BCUT2D eigenvalue weighted by molar-refractivity contribution is 14.1. The molecule has 3 aliphatic heterocycles. The Balaban J connectivity index is 0.000000529. The molecule has 0 fully saturated rings. The summed E-state index contributed by atoms with van der Waals surface area (Å²) in [6.45, 7) is 0.440. The number of halogens is 2. The number of esters is 4. The molecule has 6 aromatic carbocycles. The quantitative estimate of drug-likeness (QED) is 0.0114. The highest BCUT2D eigenvalue weighted by Crippen LogP contribution is 2.31. The van der Waals surface area contributed by atoms with Gasteiger partial charge in [-0.1, -0.05) is 67.0 Å². The average molecular weight is 1360 g/mol. The van der Waals surface area contributed by atoms with Gasteiger partial charge in [-0.05, 0) is 93.9 Å². The van der Waals surface area contributed by atoms with Crippen LogP contribution in [-0.2, 0) is 59.2 Å². The minimum absolute atomic E-state index is 0. The number of benzene rings is 6. The van der Waals surface area contributed by atoms with Crippen molar-refractivity contribution in [1.82, 2.24) is 0 Å². The number of aliphatic hydroxyl groups is 1. The zero-order valence-electron chi connectivity index (χ0n) is 50.8. The molecule has 0 aliphatic carbocycles. The summed E-state index contributed by atoms with van der Waals surface area (Å²) in [5, 5.41) is 35.2. The molecule has 9 rings (SSSR count). The molecular weight excluding hydrogens is 1280 g/mol. The lowest BCUT2D eigenvalue weighted by atomic mass is 10.1. The second kappa shape index (κ2) is 37.9. The van der Waals surface area contributed by atoms with Crippen LogP contribution in [-0.4, -0.2) is 138 Å². The maximum atomic E-state index is 12.9. The first kappa shape index (κ1) is 72.8. The van der Waals surface area contributed by atoms with Crippen molar-refractivity contribution < 1.29 is 79.4 Å². The molecule has 3 aliphatic rings. The molecule has 0 saturated heterocycles. The van der Waals surface area contributed by atoms with Gasteiger partial charge in [0, 0.05) is 72.7 Å². The van der Waals surface area contributed by atoms with E-state index in [0.717, 1.165) is 76.6 Å². The van der Waals surface area contributed by atoms with Gasteiger partial charge in [-0.25, -0.2) is 19.2 Å². The summed E-state index contributed by atoms with van der Waals surface area (Å²) in [4.78, 5) is 114. The topological polar surface area (TPSA) is 340 Å². The van der Waals surface area contributed by atoms with Crippen molar-refractivity contribution in [3.63, 3.8) is 0 Å². The number of hydrogen-bond acceptors (Lipinski definition) is 20. The lowest BCUT2D eigenvalue weighted by molar-refractivity contribution is -0.387. The number of nitro groups is 2. The molecule has 0 radical (unpaired) electrons. The molecule has 88 heavy (non-hydrogen) atoms. The van der Waals surface area contributed by atoms with Crippen LogP contribution < -0.4 is 31.1 Å². The largest absolute Gasteiger partial charge is 0.465 e. The molecule has 6 aromatic rings. The van der Waals surface area contributed by atoms with E-state index in [-0.39, 0.29) is 66.2 Å². The number of hydrogen-bond donors (Lipinski definition) is 4. The number of aldehydes is 1. The van der Waals surface area contributed by atoms with Crippen molar-refractivity contribution in [3.8, 4) is 0 Å². The van der Waals surface area contributed by atoms with E-state index in [9.17, 15) is 63.0 Å². The van der Waals surface area contributed by atoms with E-state index in [1.54, 1.807) is 98.5 Å². The second-order valence-corrected chi connectivity index (χ2v) is 17.5. The normalized spacial score (nSPS) is 11.7. The van der Waals surface area contributed by atoms with E-state index >= 15 is 0 Å². The number of nitrogens with one attached hydrogen (secondary N) is 2. The van der Waals surface area contributed by atoms with Crippen LogP contribution in [0.3, 0.4) is 0 Å². The van der Waals surface area contributed by atoms with Gasteiger partial charge in [0.25, 0.3) is 5.69 Å². The fourth-order valence-corrected chi connectivity index (χ4v) is 7.86. The number of alkyl halides is 1.